The standard InChI is InChI=1S/C14H14ClN3O6/c1-2-24-13(20)8-16-7-12(19)17(14(16)21)6-9-3-4-10(15)11(5-9)18(22)23/h3-5H,2,6-8H2,1H3. The zero-order chi connectivity index (χ0) is 17.9. The summed E-state index contributed by atoms with van der Waals surface area (Å²) in [5.74, 6) is -1.11. The number of hydrogen-bond acceptors (Lipinski definition) is 6. The topological polar surface area (TPSA) is 110 Å². The second-order valence-corrected chi connectivity index (χ2v) is 5.37. The van der Waals surface area contributed by atoms with E-state index in [0.29, 0.717) is 5.56 Å². The lowest BCUT2D eigenvalue weighted by Crippen LogP contribution is -2.36. The molecule has 24 heavy (non-hydrogen) atoms. The average Bonchev–Trinajstić information content (AvgIpc) is 2.76. The minimum atomic E-state index is -0.648. The number of benzene rings is 1. The number of rotatable bonds is 6. The number of carbonyl (C=O) groups excluding carboxylic acids is 3. The molecule has 0 unspecified atom stereocenters. The first kappa shape index (κ1) is 17.7. The van der Waals surface area contributed by atoms with Gasteiger partial charge in [0.25, 0.3) is 11.6 Å². The SMILES string of the molecule is CCOC(=O)CN1CC(=O)N(Cc2ccc(Cl)c([N+](=O)[O-])c2)C1=O. The van der Waals surface area contributed by atoms with E-state index in [4.69, 9.17) is 16.3 Å². The number of amides is 3. The van der Waals surface area contributed by atoms with Crippen molar-refractivity contribution in [1.82, 2.24) is 9.80 Å². The van der Waals surface area contributed by atoms with Crippen LogP contribution < -0.4 is 0 Å². The Labute approximate surface area is 141 Å². The first-order chi connectivity index (χ1) is 11.3. The third-order valence-electron chi connectivity index (χ3n) is 3.30. The van der Waals surface area contributed by atoms with Gasteiger partial charge in [0, 0.05) is 6.07 Å². The molecular formula is C14H14ClN3O6. The van der Waals surface area contributed by atoms with Crippen LogP contribution in [0.3, 0.4) is 0 Å². The Morgan fingerprint density at radius 2 is 2.12 bits per heavy atom. The molecule has 2 rings (SSSR count). The van der Waals surface area contributed by atoms with Gasteiger partial charge in [-0.3, -0.25) is 24.6 Å². The van der Waals surface area contributed by atoms with Crippen molar-refractivity contribution >= 4 is 35.2 Å². The molecule has 1 aliphatic rings. The normalized spacial score (nSPS) is 14.2. The molecular weight excluding hydrogens is 342 g/mol. The largest absolute Gasteiger partial charge is 0.465 e. The van der Waals surface area contributed by atoms with E-state index in [1.165, 1.54) is 18.2 Å². The third kappa shape index (κ3) is 3.80. The number of nitrogens with zero attached hydrogens (tertiary/aromatic N) is 3. The number of carbonyl (C=O) groups is 3. The van der Waals surface area contributed by atoms with Gasteiger partial charge < -0.3 is 9.64 Å². The molecule has 9 nitrogen and oxygen atoms in total. The van der Waals surface area contributed by atoms with Crippen LogP contribution in [0.5, 0.6) is 0 Å². The van der Waals surface area contributed by atoms with Gasteiger partial charge in [0.1, 0.15) is 18.1 Å². The Morgan fingerprint density at radius 1 is 1.42 bits per heavy atom. The van der Waals surface area contributed by atoms with E-state index in [9.17, 15) is 24.5 Å². The number of imide groups is 1. The van der Waals surface area contributed by atoms with Crippen molar-refractivity contribution in [2.24, 2.45) is 0 Å². The molecule has 1 fully saturated rings. The second-order valence-electron chi connectivity index (χ2n) is 4.97. The van der Waals surface area contributed by atoms with Gasteiger partial charge in [-0.2, -0.15) is 0 Å². The summed E-state index contributed by atoms with van der Waals surface area (Å²) in [6.07, 6.45) is 0. The van der Waals surface area contributed by atoms with E-state index in [0.717, 1.165) is 9.80 Å². The van der Waals surface area contributed by atoms with Gasteiger partial charge in [0.15, 0.2) is 0 Å². The average molecular weight is 356 g/mol. The molecule has 3 amide bonds. The maximum atomic E-state index is 12.2. The van der Waals surface area contributed by atoms with Gasteiger partial charge >= 0.3 is 12.0 Å². The van der Waals surface area contributed by atoms with Crippen LogP contribution >= 0.6 is 11.6 Å². The third-order valence-corrected chi connectivity index (χ3v) is 3.62. The Morgan fingerprint density at radius 3 is 2.75 bits per heavy atom. The number of urea groups is 1. The van der Waals surface area contributed by atoms with Crippen molar-refractivity contribution in [2.45, 2.75) is 13.5 Å². The van der Waals surface area contributed by atoms with E-state index in [2.05, 4.69) is 0 Å². The maximum Gasteiger partial charge on any atom is 0.328 e. The van der Waals surface area contributed by atoms with Crippen molar-refractivity contribution in [3.63, 3.8) is 0 Å². The number of halogens is 1. The van der Waals surface area contributed by atoms with Crippen molar-refractivity contribution in [3.8, 4) is 0 Å². The maximum absolute atomic E-state index is 12.2. The van der Waals surface area contributed by atoms with Crippen LogP contribution in [0.15, 0.2) is 18.2 Å². The highest BCUT2D eigenvalue weighted by atomic mass is 35.5. The van der Waals surface area contributed by atoms with E-state index in [1.54, 1.807) is 6.92 Å². The smallest absolute Gasteiger partial charge is 0.328 e. The molecule has 0 bridgehead atoms. The summed E-state index contributed by atoms with van der Waals surface area (Å²) in [5, 5.41) is 10.9. The molecule has 1 heterocycles. The molecule has 128 valence electrons. The first-order valence-electron chi connectivity index (χ1n) is 7.01. The molecule has 0 radical (unpaired) electrons. The molecule has 1 saturated heterocycles. The molecule has 0 aromatic heterocycles. The zero-order valence-electron chi connectivity index (χ0n) is 12.7. The molecule has 1 aromatic rings. The Kier molecular flexibility index (Phi) is 5.35. The van der Waals surface area contributed by atoms with Crippen LogP contribution in [-0.2, 0) is 20.9 Å². The minimum absolute atomic E-state index is 0.0354. The van der Waals surface area contributed by atoms with E-state index in [-0.39, 0.29) is 37.0 Å². The first-order valence-corrected chi connectivity index (χ1v) is 7.39. The van der Waals surface area contributed by atoms with Gasteiger partial charge in [0.2, 0.25) is 0 Å². The second kappa shape index (κ2) is 7.26. The molecule has 0 spiro atoms. The molecule has 10 heteroatoms. The molecule has 0 N–H and O–H groups in total. The summed E-state index contributed by atoms with van der Waals surface area (Å²) in [4.78, 5) is 47.8. The highest BCUT2D eigenvalue weighted by Gasteiger charge is 2.37. The van der Waals surface area contributed by atoms with Crippen molar-refractivity contribution in [2.75, 3.05) is 19.7 Å². The van der Waals surface area contributed by atoms with Crippen LogP contribution in [-0.4, -0.2) is 52.3 Å². The van der Waals surface area contributed by atoms with Gasteiger partial charge in [-0.15, -0.1) is 0 Å². The Bertz CT molecular complexity index is 708. The van der Waals surface area contributed by atoms with Crippen molar-refractivity contribution in [1.29, 1.82) is 0 Å². The van der Waals surface area contributed by atoms with Crippen LogP contribution in [0.2, 0.25) is 5.02 Å². The van der Waals surface area contributed by atoms with Crippen LogP contribution in [0, 0.1) is 10.1 Å². The molecule has 0 atom stereocenters. The highest BCUT2D eigenvalue weighted by molar-refractivity contribution is 6.32. The van der Waals surface area contributed by atoms with Crippen molar-refractivity contribution < 1.29 is 24.0 Å². The van der Waals surface area contributed by atoms with Crippen LogP contribution in [0.25, 0.3) is 0 Å². The monoisotopic (exact) mass is 355 g/mol. The zero-order valence-corrected chi connectivity index (χ0v) is 13.5. The number of hydrogen-bond donors (Lipinski definition) is 0. The summed E-state index contributed by atoms with van der Waals surface area (Å²) < 4.78 is 4.74. The summed E-state index contributed by atoms with van der Waals surface area (Å²) in [5.41, 5.74) is 0.0717. The van der Waals surface area contributed by atoms with Crippen molar-refractivity contribution in [3.05, 3.63) is 38.9 Å². The fourth-order valence-electron chi connectivity index (χ4n) is 2.21. The summed E-state index contributed by atoms with van der Waals surface area (Å²) >= 11 is 5.73. The fourth-order valence-corrected chi connectivity index (χ4v) is 2.40. The lowest BCUT2D eigenvalue weighted by atomic mass is 10.2. The quantitative estimate of drug-likeness (QED) is 0.331. The highest BCUT2D eigenvalue weighted by Crippen LogP contribution is 2.26. The summed E-state index contributed by atoms with van der Waals surface area (Å²) in [6, 6.07) is 3.38. The van der Waals surface area contributed by atoms with Gasteiger partial charge in [-0.1, -0.05) is 17.7 Å². The number of nitro groups is 1. The predicted octanol–water partition coefficient (Wildman–Crippen LogP) is 1.58. The van der Waals surface area contributed by atoms with Gasteiger partial charge in [0.05, 0.1) is 18.1 Å². The Balaban J connectivity index is 2.11. The predicted molar refractivity (Wildman–Crippen MR) is 82.3 cm³/mol. The molecule has 1 aliphatic heterocycles. The van der Waals surface area contributed by atoms with Gasteiger partial charge in [-0.05, 0) is 18.6 Å². The van der Waals surface area contributed by atoms with E-state index < -0.39 is 22.8 Å². The van der Waals surface area contributed by atoms with E-state index >= 15 is 0 Å². The van der Waals surface area contributed by atoms with E-state index in [1.807, 2.05) is 0 Å². The summed E-state index contributed by atoms with van der Waals surface area (Å²) in [7, 11) is 0. The minimum Gasteiger partial charge on any atom is -0.465 e. The molecule has 0 aliphatic carbocycles. The number of esters is 1. The number of nitro benzene ring substituents is 1. The molecule has 1 aromatic carbocycles. The molecule has 0 saturated carbocycles. The summed E-state index contributed by atoms with van der Waals surface area (Å²) in [6.45, 7) is 1.10. The Hall–Kier alpha value is -2.68. The lowest BCUT2D eigenvalue weighted by molar-refractivity contribution is -0.384. The lowest BCUT2D eigenvalue weighted by Gasteiger charge is -2.16. The van der Waals surface area contributed by atoms with Crippen LogP contribution in [0.1, 0.15) is 12.5 Å². The number of ether oxygens (including phenoxy) is 1. The van der Waals surface area contributed by atoms with Crippen LogP contribution in [0.4, 0.5) is 10.5 Å². The fraction of sp³-hybridized carbons (Fsp3) is 0.357. The van der Waals surface area contributed by atoms with Gasteiger partial charge in [-0.25, -0.2) is 4.79 Å².